The Labute approximate surface area is 140 Å². The van der Waals surface area contributed by atoms with E-state index in [9.17, 15) is 0 Å². The van der Waals surface area contributed by atoms with Gasteiger partial charge in [0.15, 0.2) is 0 Å². The average molecular weight is 331 g/mol. The van der Waals surface area contributed by atoms with Gasteiger partial charge in [-0.15, -0.1) is 0 Å². The zero-order valence-electron chi connectivity index (χ0n) is 12.5. The predicted molar refractivity (Wildman–Crippen MR) is 96.1 cm³/mol. The molecule has 114 valence electrons. The molecule has 22 heavy (non-hydrogen) atoms. The first-order chi connectivity index (χ1) is 10.8. The lowest BCUT2D eigenvalue weighted by Gasteiger charge is -2.09. The van der Waals surface area contributed by atoms with Gasteiger partial charge >= 0.3 is 0 Å². The largest absolute Gasteiger partial charge is 0.360 e. The molecule has 1 aromatic heterocycles. The zero-order chi connectivity index (χ0) is 15.4. The van der Waals surface area contributed by atoms with E-state index in [2.05, 4.69) is 40.6 Å². The maximum absolute atomic E-state index is 6.37. The minimum atomic E-state index is 0.800. The highest BCUT2D eigenvalue weighted by atomic mass is 35.5. The van der Waals surface area contributed by atoms with Crippen LogP contribution in [0.1, 0.15) is 12.0 Å². The second kappa shape index (κ2) is 7.23. The highest BCUT2D eigenvalue weighted by Crippen LogP contribution is 2.38. The van der Waals surface area contributed by atoms with Gasteiger partial charge in [0.25, 0.3) is 0 Å². The highest BCUT2D eigenvalue weighted by molar-refractivity contribution is 7.99. The maximum atomic E-state index is 6.37. The first kappa shape index (κ1) is 15.5. The van der Waals surface area contributed by atoms with Crippen molar-refractivity contribution in [1.29, 1.82) is 0 Å². The molecule has 0 saturated carbocycles. The Kier molecular flexibility index (Phi) is 5.08. The van der Waals surface area contributed by atoms with Crippen LogP contribution in [0.3, 0.4) is 0 Å². The van der Waals surface area contributed by atoms with Gasteiger partial charge in [-0.25, -0.2) is 0 Å². The monoisotopic (exact) mass is 330 g/mol. The van der Waals surface area contributed by atoms with Crippen LogP contribution in [0, 0.1) is 0 Å². The zero-order valence-corrected chi connectivity index (χ0v) is 14.1. The van der Waals surface area contributed by atoms with Gasteiger partial charge in [0.05, 0.1) is 5.02 Å². The predicted octanol–water partition coefficient (Wildman–Crippen LogP) is 5.12. The smallest absolute Gasteiger partial charge is 0.0511 e. The molecule has 0 fully saturated rings. The molecule has 0 atom stereocenters. The standard InChI is InChI=1S/C18H19ClN2S/c1-20-11-5-7-13-6-2-3-10-16(13)22-17-12-21-15-9-4-8-14(19)18(15)17/h2-4,6,8-10,12,20-21H,5,7,11H2,1H3. The number of hydrogen-bond acceptors (Lipinski definition) is 2. The summed E-state index contributed by atoms with van der Waals surface area (Å²) in [7, 11) is 1.99. The van der Waals surface area contributed by atoms with E-state index in [1.54, 1.807) is 11.8 Å². The van der Waals surface area contributed by atoms with E-state index in [0.29, 0.717) is 0 Å². The van der Waals surface area contributed by atoms with Gasteiger partial charge in [0.2, 0.25) is 0 Å². The van der Waals surface area contributed by atoms with Gasteiger partial charge in [-0.3, -0.25) is 0 Å². The summed E-state index contributed by atoms with van der Waals surface area (Å²) >= 11 is 8.16. The molecule has 0 amide bonds. The van der Waals surface area contributed by atoms with Crippen LogP contribution in [0.4, 0.5) is 0 Å². The third-order valence-corrected chi connectivity index (χ3v) is 5.16. The molecule has 0 bridgehead atoms. The third-order valence-electron chi connectivity index (χ3n) is 3.68. The first-order valence-electron chi connectivity index (χ1n) is 7.45. The van der Waals surface area contributed by atoms with E-state index < -0.39 is 0 Å². The molecule has 0 spiro atoms. The molecule has 2 aromatic carbocycles. The maximum Gasteiger partial charge on any atom is 0.0511 e. The first-order valence-corrected chi connectivity index (χ1v) is 8.65. The van der Waals surface area contributed by atoms with Crippen molar-refractivity contribution in [3.05, 3.63) is 59.2 Å². The van der Waals surface area contributed by atoms with Crippen LogP contribution in [0.15, 0.2) is 58.5 Å². The highest BCUT2D eigenvalue weighted by Gasteiger charge is 2.10. The summed E-state index contributed by atoms with van der Waals surface area (Å²) in [5.41, 5.74) is 2.48. The van der Waals surface area contributed by atoms with Crippen molar-refractivity contribution in [3.8, 4) is 0 Å². The minimum Gasteiger partial charge on any atom is -0.360 e. The Morgan fingerprint density at radius 3 is 2.82 bits per heavy atom. The van der Waals surface area contributed by atoms with Crippen molar-refractivity contribution in [2.45, 2.75) is 22.6 Å². The van der Waals surface area contributed by atoms with Crippen LogP contribution in [0.25, 0.3) is 10.9 Å². The lowest BCUT2D eigenvalue weighted by atomic mass is 10.1. The molecule has 3 aromatic rings. The number of nitrogens with one attached hydrogen (secondary N) is 2. The average Bonchev–Trinajstić information content (AvgIpc) is 2.94. The summed E-state index contributed by atoms with van der Waals surface area (Å²) < 4.78 is 0. The molecule has 0 aliphatic carbocycles. The number of halogens is 1. The molecule has 0 radical (unpaired) electrons. The van der Waals surface area contributed by atoms with Crippen molar-refractivity contribution >= 4 is 34.3 Å². The second-order valence-corrected chi connectivity index (χ2v) is 6.72. The number of aromatic amines is 1. The minimum absolute atomic E-state index is 0.800. The van der Waals surface area contributed by atoms with Gasteiger partial charge in [-0.05, 0) is 50.2 Å². The summed E-state index contributed by atoms with van der Waals surface area (Å²) in [4.78, 5) is 5.79. The van der Waals surface area contributed by atoms with E-state index in [4.69, 9.17) is 11.6 Å². The number of aromatic nitrogens is 1. The van der Waals surface area contributed by atoms with Crippen LogP contribution in [-0.2, 0) is 6.42 Å². The van der Waals surface area contributed by atoms with E-state index in [1.807, 2.05) is 25.4 Å². The van der Waals surface area contributed by atoms with Crippen LogP contribution in [-0.4, -0.2) is 18.6 Å². The number of benzene rings is 2. The van der Waals surface area contributed by atoms with Crippen molar-refractivity contribution in [2.75, 3.05) is 13.6 Å². The Hall–Kier alpha value is -1.42. The SMILES string of the molecule is CNCCCc1ccccc1Sc1c[nH]c2cccc(Cl)c12. The van der Waals surface area contributed by atoms with E-state index in [0.717, 1.165) is 35.3 Å². The molecular weight excluding hydrogens is 312 g/mol. The van der Waals surface area contributed by atoms with Crippen molar-refractivity contribution in [2.24, 2.45) is 0 Å². The third kappa shape index (κ3) is 3.32. The number of aryl methyl sites for hydroxylation is 1. The Morgan fingerprint density at radius 2 is 1.95 bits per heavy atom. The summed E-state index contributed by atoms with van der Waals surface area (Å²) in [5, 5.41) is 5.12. The van der Waals surface area contributed by atoms with Crippen molar-refractivity contribution in [3.63, 3.8) is 0 Å². The summed E-state index contributed by atoms with van der Waals surface area (Å²) in [6, 6.07) is 14.6. The van der Waals surface area contributed by atoms with Gasteiger partial charge in [-0.2, -0.15) is 0 Å². The molecule has 0 aliphatic heterocycles. The molecule has 2 N–H and O–H groups in total. The normalized spacial score (nSPS) is 11.2. The lowest BCUT2D eigenvalue weighted by Crippen LogP contribution is -2.08. The molecule has 0 saturated heterocycles. The second-order valence-electron chi connectivity index (χ2n) is 5.23. The quantitative estimate of drug-likeness (QED) is 0.613. The summed E-state index contributed by atoms with van der Waals surface area (Å²) in [6.07, 6.45) is 4.27. The molecule has 0 aliphatic rings. The van der Waals surface area contributed by atoms with Gasteiger partial charge in [-0.1, -0.05) is 47.6 Å². The number of hydrogen-bond donors (Lipinski definition) is 2. The van der Waals surface area contributed by atoms with Crippen LogP contribution >= 0.6 is 23.4 Å². The summed E-state index contributed by atoms with van der Waals surface area (Å²) in [5.74, 6) is 0. The van der Waals surface area contributed by atoms with Crippen molar-refractivity contribution in [1.82, 2.24) is 10.3 Å². The molecule has 0 unspecified atom stereocenters. The van der Waals surface area contributed by atoms with Crippen LogP contribution in [0.5, 0.6) is 0 Å². The molecule has 1 heterocycles. The Morgan fingerprint density at radius 1 is 1.09 bits per heavy atom. The fourth-order valence-corrected chi connectivity index (χ4v) is 4.03. The van der Waals surface area contributed by atoms with E-state index in [-0.39, 0.29) is 0 Å². The molecule has 3 rings (SSSR count). The Bertz CT molecular complexity index is 767. The lowest BCUT2D eigenvalue weighted by molar-refractivity contribution is 0.720. The van der Waals surface area contributed by atoms with Crippen molar-refractivity contribution < 1.29 is 0 Å². The van der Waals surface area contributed by atoms with E-state index in [1.165, 1.54) is 15.4 Å². The number of rotatable bonds is 6. The molecule has 2 nitrogen and oxygen atoms in total. The van der Waals surface area contributed by atoms with Gasteiger partial charge < -0.3 is 10.3 Å². The Balaban J connectivity index is 1.89. The number of H-pyrrole nitrogens is 1. The molecular formula is C18H19ClN2S. The fraction of sp³-hybridized carbons (Fsp3) is 0.222. The van der Waals surface area contributed by atoms with Crippen LogP contribution < -0.4 is 5.32 Å². The molecule has 4 heteroatoms. The van der Waals surface area contributed by atoms with Gasteiger partial charge in [0.1, 0.15) is 0 Å². The summed E-state index contributed by atoms with van der Waals surface area (Å²) in [6.45, 7) is 1.04. The topological polar surface area (TPSA) is 27.8 Å². The van der Waals surface area contributed by atoms with Crippen LogP contribution in [0.2, 0.25) is 5.02 Å². The van der Waals surface area contributed by atoms with E-state index >= 15 is 0 Å². The van der Waals surface area contributed by atoms with Gasteiger partial charge in [0, 0.05) is 26.9 Å². The fourth-order valence-electron chi connectivity index (χ4n) is 2.57. The number of fused-ring (bicyclic) bond motifs is 1.